The Labute approximate surface area is 90.7 Å². The van der Waals surface area contributed by atoms with Gasteiger partial charge in [0.1, 0.15) is 4.32 Å². The molecule has 0 saturated carbocycles. The summed E-state index contributed by atoms with van der Waals surface area (Å²) in [5.74, 6) is 1.07. The lowest BCUT2D eigenvalue weighted by atomic mass is 10.1. The van der Waals surface area contributed by atoms with E-state index in [1.165, 1.54) is 32.4 Å². The van der Waals surface area contributed by atoms with Gasteiger partial charge in [-0.05, 0) is 25.9 Å². The monoisotopic (exact) mass is 218 g/mol. The second-order valence-electron chi connectivity index (χ2n) is 3.61. The maximum atomic E-state index is 5.21. The Hall–Kier alpha value is 0.200. The highest BCUT2D eigenvalue weighted by Gasteiger charge is 2.10. The maximum absolute atomic E-state index is 5.21. The summed E-state index contributed by atoms with van der Waals surface area (Å²) in [6, 6.07) is 0. The lowest BCUT2D eigenvalue weighted by molar-refractivity contribution is 0.266. The van der Waals surface area contributed by atoms with Crippen LogP contribution in [0.1, 0.15) is 19.3 Å². The molecule has 1 aliphatic rings. The van der Waals surface area contributed by atoms with Crippen molar-refractivity contribution >= 4 is 28.3 Å². The molecule has 0 N–H and O–H groups in total. The van der Waals surface area contributed by atoms with Gasteiger partial charge >= 0.3 is 0 Å². The van der Waals surface area contributed by atoms with Gasteiger partial charge in [0.05, 0.1) is 5.88 Å². The average molecular weight is 218 g/mol. The van der Waals surface area contributed by atoms with Crippen molar-refractivity contribution in [3.63, 3.8) is 0 Å². The number of likely N-dealkylation sites (tertiary alicyclic amines) is 1. The number of nitrogens with zero attached hydrogens (tertiary/aromatic N) is 2. The molecule has 1 saturated heterocycles. The standard InChI is InChI=1S/C9H18N2S2/c1-10(2)9(12)13-8-11-6-4-3-5-7-11/h3-8H2,1-2H3. The fourth-order valence-electron chi connectivity index (χ4n) is 1.36. The first-order valence-corrected chi connectivity index (χ1v) is 6.16. The van der Waals surface area contributed by atoms with Crippen LogP contribution >= 0.6 is 24.0 Å². The Kier molecular flexibility index (Phi) is 5.06. The summed E-state index contributed by atoms with van der Waals surface area (Å²) < 4.78 is 0.991. The van der Waals surface area contributed by atoms with Crippen molar-refractivity contribution in [2.45, 2.75) is 19.3 Å². The van der Waals surface area contributed by atoms with Crippen LogP contribution in [0.5, 0.6) is 0 Å². The zero-order valence-corrected chi connectivity index (χ0v) is 10.1. The lowest BCUT2D eigenvalue weighted by Crippen LogP contribution is -2.30. The molecular formula is C9H18N2S2. The first-order chi connectivity index (χ1) is 6.20. The Morgan fingerprint density at radius 2 is 1.92 bits per heavy atom. The summed E-state index contributed by atoms with van der Waals surface area (Å²) in [6.07, 6.45) is 4.11. The topological polar surface area (TPSA) is 6.48 Å². The van der Waals surface area contributed by atoms with Gasteiger partial charge in [-0.25, -0.2) is 0 Å². The molecule has 0 aromatic rings. The molecule has 4 heteroatoms. The van der Waals surface area contributed by atoms with E-state index in [4.69, 9.17) is 12.2 Å². The van der Waals surface area contributed by atoms with Crippen LogP contribution in [0.25, 0.3) is 0 Å². The third kappa shape index (κ3) is 4.29. The zero-order valence-electron chi connectivity index (χ0n) is 8.45. The van der Waals surface area contributed by atoms with Gasteiger partial charge in [0.2, 0.25) is 0 Å². The van der Waals surface area contributed by atoms with Crippen LogP contribution in [0.4, 0.5) is 0 Å². The van der Waals surface area contributed by atoms with Gasteiger partial charge < -0.3 is 4.90 Å². The largest absolute Gasteiger partial charge is 0.364 e. The molecule has 76 valence electrons. The summed E-state index contributed by atoms with van der Waals surface area (Å²) >= 11 is 6.98. The van der Waals surface area contributed by atoms with Gasteiger partial charge in [-0.15, -0.1) is 0 Å². The Morgan fingerprint density at radius 1 is 1.31 bits per heavy atom. The van der Waals surface area contributed by atoms with Gasteiger partial charge in [0.15, 0.2) is 0 Å². The number of thiocarbonyl (C=S) groups is 1. The summed E-state index contributed by atoms with van der Waals surface area (Å²) in [4.78, 5) is 4.49. The molecule has 0 spiro atoms. The predicted octanol–water partition coefficient (Wildman–Crippen LogP) is 2.01. The second-order valence-corrected chi connectivity index (χ2v) is 5.19. The minimum atomic E-state index is 0.991. The smallest absolute Gasteiger partial charge is 0.137 e. The number of hydrogen-bond acceptors (Lipinski definition) is 3. The molecule has 0 atom stereocenters. The van der Waals surface area contributed by atoms with E-state index in [2.05, 4.69) is 4.90 Å². The molecule has 0 aromatic heterocycles. The van der Waals surface area contributed by atoms with Gasteiger partial charge in [0, 0.05) is 14.1 Å². The van der Waals surface area contributed by atoms with Crippen LogP contribution in [-0.2, 0) is 0 Å². The van der Waals surface area contributed by atoms with Crippen molar-refractivity contribution in [2.75, 3.05) is 33.1 Å². The molecule has 0 aromatic carbocycles. The van der Waals surface area contributed by atoms with Crippen molar-refractivity contribution in [2.24, 2.45) is 0 Å². The molecule has 0 amide bonds. The number of rotatable bonds is 2. The SMILES string of the molecule is CN(C)C(=S)SCN1CCCCC1. The molecular weight excluding hydrogens is 200 g/mol. The van der Waals surface area contributed by atoms with Crippen LogP contribution in [0.15, 0.2) is 0 Å². The van der Waals surface area contributed by atoms with Crippen molar-refractivity contribution in [1.29, 1.82) is 0 Å². The van der Waals surface area contributed by atoms with Gasteiger partial charge in [-0.3, -0.25) is 4.90 Å². The lowest BCUT2D eigenvalue weighted by Gasteiger charge is -2.26. The van der Waals surface area contributed by atoms with Crippen molar-refractivity contribution in [3.8, 4) is 0 Å². The van der Waals surface area contributed by atoms with E-state index in [1.807, 2.05) is 19.0 Å². The van der Waals surface area contributed by atoms with Crippen LogP contribution in [0.2, 0.25) is 0 Å². The minimum Gasteiger partial charge on any atom is -0.364 e. The summed E-state index contributed by atoms with van der Waals surface area (Å²) in [5.41, 5.74) is 0. The molecule has 13 heavy (non-hydrogen) atoms. The maximum Gasteiger partial charge on any atom is 0.137 e. The van der Waals surface area contributed by atoms with Gasteiger partial charge in [0.25, 0.3) is 0 Å². The third-order valence-electron chi connectivity index (χ3n) is 2.18. The Balaban J connectivity index is 2.13. The van der Waals surface area contributed by atoms with Gasteiger partial charge in [-0.1, -0.05) is 30.4 Å². The Morgan fingerprint density at radius 3 is 2.46 bits per heavy atom. The van der Waals surface area contributed by atoms with Gasteiger partial charge in [-0.2, -0.15) is 0 Å². The molecule has 0 unspecified atom stereocenters. The predicted molar refractivity (Wildman–Crippen MR) is 64.2 cm³/mol. The molecule has 2 nitrogen and oxygen atoms in total. The molecule has 1 aliphatic heterocycles. The Bertz CT molecular complexity index is 165. The molecule has 0 bridgehead atoms. The highest BCUT2D eigenvalue weighted by atomic mass is 32.2. The normalized spacial score (nSPS) is 18.6. The number of thioether (sulfide) groups is 1. The molecule has 1 heterocycles. The van der Waals surface area contributed by atoms with Crippen LogP contribution in [0, 0.1) is 0 Å². The number of piperidine rings is 1. The third-order valence-corrected chi connectivity index (χ3v) is 4.01. The van der Waals surface area contributed by atoms with E-state index in [9.17, 15) is 0 Å². The van der Waals surface area contributed by atoms with E-state index < -0.39 is 0 Å². The van der Waals surface area contributed by atoms with Crippen molar-refractivity contribution in [1.82, 2.24) is 9.80 Å². The van der Waals surface area contributed by atoms with Crippen LogP contribution in [0.3, 0.4) is 0 Å². The minimum absolute atomic E-state index is 0.991. The second kappa shape index (κ2) is 5.83. The molecule has 0 radical (unpaired) electrons. The summed E-state index contributed by atoms with van der Waals surface area (Å²) in [6.45, 7) is 2.51. The summed E-state index contributed by atoms with van der Waals surface area (Å²) in [5, 5.41) is 0. The molecule has 1 rings (SSSR count). The quantitative estimate of drug-likeness (QED) is 0.654. The zero-order chi connectivity index (χ0) is 9.68. The highest BCUT2D eigenvalue weighted by molar-refractivity contribution is 8.22. The number of hydrogen-bond donors (Lipinski definition) is 0. The van der Waals surface area contributed by atoms with Crippen LogP contribution < -0.4 is 0 Å². The van der Waals surface area contributed by atoms with E-state index in [1.54, 1.807) is 11.8 Å². The molecule has 0 aliphatic carbocycles. The van der Waals surface area contributed by atoms with Crippen molar-refractivity contribution in [3.05, 3.63) is 0 Å². The average Bonchev–Trinajstić information content (AvgIpc) is 2.15. The van der Waals surface area contributed by atoms with E-state index in [-0.39, 0.29) is 0 Å². The highest BCUT2D eigenvalue weighted by Crippen LogP contribution is 2.14. The van der Waals surface area contributed by atoms with E-state index in [0.29, 0.717) is 0 Å². The van der Waals surface area contributed by atoms with Crippen molar-refractivity contribution < 1.29 is 0 Å². The van der Waals surface area contributed by atoms with E-state index in [0.717, 1.165) is 10.2 Å². The fourth-order valence-corrected chi connectivity index (χ4v) is 2.33. The van der Waals surface area contributed by atoms with E-state index >= 15 is 0 Å². The first-order valence-electron chi connectivity index (χ1n) is 4.76. The van der Waals surface area contributed by atoms with Crippen LogP contribution in [-0.4, -0.2) is 47.2 Å². The summed E-state index contributed by atoms with van der Waals surface area (Å²) in [7, 11) is 4.01. The fraction of sp³-hybridized carbons (Fsp3) is 0.889. The molecule has 1 fully saturated rings. The first kappa shape index (κ1) is 11.3.